The molecule has 2 nitrogen and oxygen atoms in total. The molecule has 4 unspecified atom stereocenters. The molecule has 3 aliphatic rings. The van der Waals surface area contributed by atoms with Gasteiger partial charge in [0.1, 0.15) is 11.5 Å². The summed E-state index contributed by atoms with van der Waals surface area (Å²) in [6.45, 7) is 2.26. The van der Waals surface area contributed by atoms with E-state index < -0.39 is 0 Å². The molecule has 4 atom stereocenters. The van der Waals surface area contributed by atoms with Gasteiger partial charge in [-0.1, -0.05) is 19.4 Å². The summed E-state index contributed by atoms with van der Waals surface area (Å²) in [5.74, 6) is 2.77. The molecule has 1 aromatic carbocycles. The molecule has 0 radical (unpaired) electrons. The van der Waals surface area contributed by atoms with Gasteiger partial charge in [-0.15, -0.1) is 0 Å². The summed E-state index contributed by atoms with van der Waals surface area (Å²) in [6.07, 6.45) is 8.79. The highest BCUT2D eigenvalue weighted by Gasteiger charge is 2.51. The summed E-state index contributed by atoms with van der Waals surface area (Å²) in [4.78, 5) is 12.7. The average Bonchev–Trinajstić information content (AvgIpc) is 2.66. The Morgan fingerprint density at radius 2 is 2.00 bits per heavy atom. The van der Waals surface area contributed by atoms with E-state index in [0.29, 0.717) is 29.3 Å². The molecule has 1 N–H and O–H groups in total. The Kier molecular flexibility index (Phi) is 3.32. The number of aromatic hydroxyl groups is 1. The highest BCUT2D eigenvalue weighted by atomic mass is 16.3. The zero-order valence-corrected chi connectivity index (χ0v) is 13.5. The van der Waals surface area contributed by atoms with Crippen molar-refractivity contribution in [2.45, 2.75) is 64.2 Å². The Morgan fingerprint density at radius 1 is 1.14 bits per heavy atom. The van der Waals surface area contributed by atoms with Gasteiger partial charge in [-0.2, -0.15) is 0 Å². The van der Waals surface area contributed by atoms with Crippen molar-refractivity contribution in [1.82, 2.24) is 0 Å². The van der Waals surface area contributed by atoms with Crippen LogP contribution in [-0.2, 0) is 11.2 Å². The molecular formula is C20H26O2. The minimum absolute atomic E-state index is 0.0634. The van der Waals surface area contributed by atoms with Crippen LogP contribution in [0.3, 0.4) is 0 Å². The molecule has 2 fully saturated rings. The molecule has 0 amide bonds. The first kappa shape index (κ1) is 14.3. The van der Waals surface area contributed by atoms with E-state index in [4.69, 9.17) is 0 Å². The van der Waals surface area contributed by atoms with E-state index in [-0.39, 0.29) is 5.41 Å². The van der Waals surface area contributed by atoms with Crippen molar-refractivity contribution < 1.29 is 9.90 Å². The van der Waals surface area contributed by atoms with Gasteiger partial charge in [-0.25, -0.2) is 0 Å². The Labute approximate surface area is 132 Å². The third-order valence-corrected chi connectivity index (χ3v) is 6.91. The molecule has 0 saturated heterocycles. The van der Waals surface area contributed by atoms with Crippen molar-refractivity contribution in [3.05, 3.63) is 29.3 Å². The smallest absolute Gasteiger partial charge is 0.139 e. The van der Waals surface area contributed by atoms with E-state index >= 15 is 0 Å². The maximum absolute atomic E-state index is 12.7. The first-order chi connectivity index (χ1) is 10.6. The van der Waals surface area contributed by atoms with E-state index in [1.54, 1.807) is 0 Å². The molecular weight excluding hydrogens is 272 g/mol. The maximum atomic E-state index is 12.7. The average molecular weight is 298 g/mol. The Balaban J connectivity index is 1.72. The second-order valence-electron chi connectivity index (χ2n) is 7.92. The lowest BCUT2D eigenvalue weighted by molar-refractivity contribution is -0.135. The monoisotopic (exact) mass is 298 g/mol. The second kappa shape index (κ2) is 5.11. The highest BCUT2D eigenvalue weighted by molar-refractivity contribution is 5.85. The zero-order chi connectivity index (χ0) is 15.3. The molecule has 4 rings (SSSR count). The molecule has 118 valence electrons. The van der Waals surface area contributed by atoms with Crippen molar-refractivity contribution >= 4 is 5.78 Å². The van der Waals surface area contributed by atoms with Crippen LogP contribution in [0.4, 0.5) is 0 Å². The maximum Gasteiger partial charge on any atom is 0.139 e. The summed E-state index contributed by atoms with van der Waals surface area (Å²) in [7, 11) is 0. The van der Waals surface area contributed by atoms with Gasteiger partial charge in [0.2, 0.25) is 0 Å². The van der Waals surface area contributed by atoms with Crippen molar-refractivity contribution in [2.24, 2.45) is 17.3 Å². The molecule has 0 bridgehead atoms. The molecule has 0 aliphatic heterocycles. The van der Waals surface area contributed by atoms with Crippen molar-refractivity contribution in [1.29, 1.82) is 0 Å². The fourth-order valence-corrected chi connectivity index (χ4v) is 5.70. The number of carbonyl (C=O) groups is 1. The predicted octanol–water partition coefficient (Wildman–Crippen LogP) is 4.60. The number of aryl methyl sites for hydroxylation is 1. The lowest BCUT2D eigenvalue weighted by Crippen LogP contribution is -2.46. The van der Waals surface area contributed by atoms with E-state index in [9.17, 15) is 9.90 Å². The van der Waals surface area contributed by atoms with Crippen molar-refractivity contribution in [2.75, 3.05) is 0 Å². The Morgan fingerprint density at radius 3 is 2.86 bits per heavy atom. The third kappa shape index (κ3) is 2.03. The number of carbonyl (C=O) groups excluding carboxylic acids is 1. The van der Waals surface area contributed by atoms with E-state index in [1.165, 1.54) is 30.4 Å². The number of hydrogen-bond donors (Lipinski definition) is 1. The van der Waals surface area contributed by atoms with E-state index in [0.717, 1.165) is 32.1 Å². The first-order valence-corrected chi connectivity index (χ1v) is 8.95. The lowest BCUT2D eigenvalue weighted by atomic mass is 9.53. The standard InChI is InChI=1S/C20H26O2/c1-20-11-10-16-15-9-7-14(21)12-13(15)6-8-17(16)18(20)4-2-3-5-19(20)22/h7,9,12,16-18,21H,2-6,8,10-11H2,1H3. The van der Waals surface area contributed by atoms with Crippen LogP contribution in [0.25, 0.3) is 0 Å². The minimum atomic E-state index is -0.0634. The van der Waals surface area contributed by atoms with Gasteiger partial charge in [0, 0.05) is 11.8 Å². The highest BCUT2D eigenvalue weighted by Crippen LogP contribution is 2.57. The number of benzene rings is 1. The fourth-order valence-electron chi connectivity index (χ4n) is 5.70. The largest absolute Gasteiger partial charge is 0.508 e. The molecule has 2 saturated carbocycles. The third-order valence-electron chi connectivity index (χ3n) is 6.91. The lowest BCUT2D eigenvalue weighted by Gasteiger charge is -2.50. The predicted molar refractivity (Wildman–Crippen MR) is 87.0 cm³/mol. The van der Waals surface area contributed by atoms with Gasteiger partial charge in [0.15, 0.2) is 0 Å². The SMILES string of the molecule is CC12CCC3c4ccc(O)cc4CCC3C1CCCCC2=O. The molecule has 0 spiro atoms. The van der Waals surface area contributed by atoms with Gasteiger partial charge in [-0.3, -0.25) is 4.79 Å². The summed E-state index contributed by atoms with van der Waals surface area (Å²) in [5, 5.41) is 9.74. The number of phenolic OH excluding ortho intramolecular Hbond substituents is 1. The molecule has 3 aliphatic carbocycles. The van der Waals surface area contributed by atoms with Crippen molar-refractivity contribution in [3.63, 3.8) is 0 Å². The molecule has 0 heterocycles. The zero-order valence-electron chi connectivity index (χ0n) is 13.5. The number of Topliss-reactive ketones (excluding diaryl/α,β-unsaturated/α-hetero) is 1. The van der Waals surface area contributed by atoms with Crippen LogP contribution in [0.1, 0.15) is 68.9 Å². The molecule has 1 aromatic rings. The van der Waals surface area contributed by atoms with Crippen LogP contribution in [0, 0.1) is 17.3 Å². The second-order valence-corrected chi connectivity index (χ2v) is 7.92. The Hall–Kier alpha value is -1.31. The van der Waals surface area contributed by atoms with E-state index in [2.05, 4.69) is 13.0 Å². The summed E-state index contributed by atoms with van der Waals surface area (Å²) in [5.41, 5.74) is 2.73. The fraction of sp³-hybridized carbons (Fsp3) is 0.650. The van der Waals surface area contributed by atoms with Gasteiger partial charge in [0.05, 0.1) is 0 Å². The number of ketones is 1. The van der Waals surface area contributed by atoms with E-state index in [1.807, 2.05) is 12.1 Å². The number of rotatable bonds is 0. The van der Waals surface area contributed by atoms with Gasteiger partial charge < -0.3 is 5.11 Å². The number of hydrogen-bond acceptors (Lipinski definition) is 2. The quantitative estimate of drug-likeness (QED) is 0.760. The van der Waals surface area contributed by atoms with Crippen LogP contribution in [0.2, 0.25) is 0 Å². The van der Waals surface area contributed by atoms with Gasteiger partial charge in [0.25, 0.3) is 0 Å². The number of fused-ring (bicyclic) bond motifs is 5. The van der Waals surface area contributed by atoms with Crippen LogP contribution >= 0.6 is 0 Å². The Bertz CT molecular complexity index is 606. The van der Waals surface area contributed by atoms with Gasteiger partial charge in [-0.05, 0) is 79.5 Å². The molecule has 2 heteroatoms. The van der Waals surface area contributed by atoms with Crippen molar-refractivity contribution in [3.8, 4) is 5.75 Å². The van der Waals surface area contributed by atoms with Gasteiger partial charge >= 0.3 is 0 Å². The van der Waals surface area contributed by atoms with Crippen LogP contribution in [0.15, 0.2) is 18.2 Å². The normalized spacial score (nSPS) is 37.7. The molecule has 0 aromatic heterocycles. The number of phenols is 1. The first-order valence-electron chi connectivity index (χ1n) is 8.95. The summed E-state index contributed by atoms with van der Waals surface area (Å²) >= 11 is 0. The summed E-state index contributed by atoms with van der Waals surface area (Å²) in [6, 6.07) is 5.94. The van der Waals surface area contributed by atoms with Crippen LogP contribution in [-0.4, -0.2) is 10.9 Å². The summed E-state index contributed by atoms with van der Waals surface area (Å²) < 4.78 is 0. The molecule has 22 heavy (non-hydrogen) atoms. The van der Waals surface area contributed by atoms with Crippen LogP contribution < -0.4 is 0 Å². The minimum Gasteiger partial charge on any atom is -0.508 e. The topological polar surface area (TPSA) is 37.3 Å². The van der Waals surface area contributed by atoms with Crippen LogP contribution in [0.5, 0.6) is 5.75 Å².